The predicted octanol–water partition coefficient (Wildman–Crippen LogP) is 1.92. The van der Waals surface area contributed by atoms with E-state index < -0.39 is 10.0 Å². The van der Waals surface area contributed by atoms with Crippen LogP contribution in [0.5, 0.6) is 0 Å². The lowest BCUT2D eigenvalue weighted by atomic mass is 10.2. The molecule has 1 amide bonds. The van der Waals surface area contributed by atoms with Gasteiger partial charge < -0.3 is 14.8 Å². The molecule has 31 heavy (non-hydrogen) atoms. The van der Waals surface area contributed by atoms with Gasteiger partial charge >= 0.3 is 0 Å². The molecule has 10 heteroatoms. The van der Waals surface area contributed by atoms with Gasteiger partial charge in [0.1, 0.15) is 0 Å². The number of sulfonamides is 1. The van der Waals surface area contributed by atoms with Crippen molar-refractivity contribution in [3.63, 3.8) is 0 Å². The number of nitrogens with one attached hydrogen (secondary N) is 2. The number of hydrogen-bond acceptors (Lipinski definition) is 6. The van der Waals surface area contributed by atoms with Gasteiger partial charge in [0.15, 0.2) is 5.11 Å². The maximum absolute atomic E-state index is 12.6. The Morgan fingerprint density at radius 2 is 1.87 bits per heavy atom. The topological polar surface area (TPSA) is 97.0 Å². The van der Waals surface area contributed by atoms with Gasteiger partial charge in [-0.15, -0.1) is 0 Å². The number of morpholine rings is 1. The van der Waals surface area contributed by atoms with Crippen molar-refractivity contribution in [2.24, 2.45) is 0 Å². The molecule has 0 saturated carbocycles. The highest BCUT2D eigenvalue weighted by molar-refractivity contribution is 7.89. The summed E-state index contributed by atoms with van der Waals surface area (Å²) in [5, 5.41) is 5.80. The highest BCUT2D eigenvalue weighted by Gasteiger charge is 2.25. The van der Waals surface area contributed by atoms with Crippen molar-refractivity contribution >= 4 is 39.3 Å². The molecule has 0 aromatic heterocycles. The lowest BCUT2D eigenvalue weighted by molar-refractivity contribution is -0.115. The number of ether oxygens (including phenoxy) is 2. The summed E-state index contributed by atoms with van der Waals surface area (Å²) in [6.07, 6.45) is 5.92. The number of thiocarbonyl (C=S) groups is 1. The summed E-state index contributed by atoms with van der Waals surface area (Å²) in [6, 6.07) is 6.40. The molecule has 0 atom stereocenters. The molecular formula is C21H31N3O5S2. The standard InChI is InChI=1S/C21H31N3O5S2/c1-2-3-14-28-15-4-11-22-21(30)23-20(25)10-7-18-5-8-19(9-6-18)31(26,27)24-12-16-29-17-13-24/h5-10H,2-4,11-17H2,1H3,(H2,22,23,25,30). The van der Waals surface area contributed by atoms with Crippen LogP contribution in [0, 0.1) is 0 Å². The molecular weight excluding hydrogens is 438 g/mol. The van der Waals surface area contributed by atoms with Crippen molar-refractivity contribution in [1.82, 2.24) is 14.9 Å². The average molecular weight is 470 g/mol. The SMILES string of the molecule is CCCCOCCCNC(=S)NC(=O)C=Cc1ccc(S(=O)(=O)N2CCOCC2)cc1. The van der Waals surface area contributed by atoms with E-state index in [2.05, 4.69) is 17.6 Å². The van der Waals surface area contributed by atoms with Crippen LogP contribution < -0.4 is 10.6 Å². The zero-order valence-corrected chi connectivity index (χ0v) is 19.5. The molecule has 0 spiro atoms. The highest BCUT2D eigenvalue weighted by atomic mass is 32.2. The molecule has 1 aliphatic heterocycles. The Balaban J connectivity index is 1.75. The third kappa shape index (κ3) is 9.04. The van der Waals surface area contributed by atoms with E-state index in [1.54, 1.807) is 18.2 Å². The molecule has 1 heterocycles. The quantitative estimate of drug-likeness (QED) is 0.290. The first-order valence-electron chi connectivity index (χ1n) is 10.5. The number of amides is 1. The van der Waals surface area contributed by atoms with Gasteiger partial charge in [0.25, 0.3) is 0 Å². The number of rotatable bonds is 11. The maximum Gasteiger partial charge on any atom is 0.250 e. The molecule has 172 valence electrons. The average Bonchev–Trinajstić information content (AvgIpc) is 2.78. The van der Waals surface area contributed by atoms with Crippen molar-refractivity contribution in [2.45, 2.75) is 31.1 Å². The summed E-state index contributed by atoms with van der Waals surface area (Å²) in [6.45, 7) is 5.66. The number of nitrogens with zero attached hydrogens (tertiary/aromatic N) is 1. The second kappa shape index (κ2) is 13.5. The highest BCUT2D eigenvalue weighted by Crippen LogP contribution is 2.18. The lowest BCUT2D eigenvalue weighted by Crippen LogP contribution is -2.40. The second-order valence-electron chi connectivity index (χ2n) is 6.98. The molecule has 1 aromatic carbocycles. The Kier molecular flexibility index (Phi) is 11.1. The van der Waals surface area contributed by atoms with Crippen LogP contribution in [-0.2, 0) is 24.3 Å². The zero-order chi connectivity index (χ0) is 22.5. The fourth-order valence-electron chi connectivity index (χ4n) is 2.78. The molecule has 1 aromatic rings. The monoisotopic (exact) mass is 469 g/mol. The summed E-state index contributed by atoms with van der Waals surface area (Å²) in [7, 11) is -3.53. The predicted molar refractivity (Wildman–Crippen MR) is 124 cm³/mol. The van der Waals surface area contributed by atoms with Crippen LogP contribution >= 0.6 is 12.2 Å². The first-order chi connectivity index (χ1) is 14.9. The smallest absolute Gasteiger partial charge is 0.250 e. The summed E-state index contributed by atoms with van der Waals surface area (Å²) in [5.41, 5.74) is 0.708. The van der Waals surface area contributed by atoms with Crippen molar-refractivity contribution in [2.75, 3.05) is 46.1 Å². The van der Waals surface area contributed by atoms with Gasteiger partial charge in [-0.1, -0.05) is 25.5 Å². The Bertz CT molecular complexity index is 835. The van der Waals surface area contributed by atoms with Gasteiger partial charge in [-0.3, -0.25) is 10.1 Å². The van der Waals surface area contributed by atoms with Crippen LogP contribution in [0.3, 0.4) is 0 Å². The number of hydrogen-bond donors (Lipinski definition) is 2. The molecule has 2 rings (SSSR count). The van der Waals surface area contributed by atoms with E-state index in [0.717, 1.165) is 25.9 Å². The van der Waals surface area contributed by atoms with E-state index in [1.807, 2.05) is 0 Å². The summed E-state index contributed by atoms with van der Waals surface area (Å²) in [4.78, 5) is 12.2. The minimum absolute atomic E-state index is 0.222. The molecule has 0 bridgehead atoms. The van der Waals surface area contributed by atoms with Gasteiger partial charge in [0, 0.05) is 38.9 Å². The second-order valence-corrected chi connectivity index (χ2v) is 9.33. The van der Waals surface area contributed by atoms with Crippen LogP contribution in [-0.4, -0.2) is 69.8 Å². The fourth-order valence-corrected chi connectivity index (χ4v) is 4.39. The Morgan fingerprint density at radius 1 is 1.19 bits per heavy atom. The van der Waals surface area contributed by atoms with Crippen molar-refractivity contribution < 1.29 is 22.7 Å². The molecule has 2 N–H and O–H groups in total. The number of carbonyl (C=O) groups is 1. The van der Waals surface area contributed by atoms with Crippen molar-refractivity contribution in [3.8, 4) is 0 Å². The van der Waals surface area contributed by atoms with Gasteiger partial charge in [-0.25, -0.2) is 8.42 Å². The summed E-state index contributed by atoms with van der Waals surface area (Å²) >= 11 is 5.10. The molecule has 0 aliphatic carbocycles. The molecule has 1 fully saturated rings. The summed E-state index contributed by atoms with van der Waals surface area (Å²) in [5.74, 6) is -0.360. The van der Waals surface area contributed by atoms with Crippen molar-refractivity contribution in [1.29, 1.82) is 0 Å². The minimum Gasteiger partial charge on any atom is -0.381 e. The van der Waals surface area contributed by atoms with Crippen LogP contribution in [0.2, 0.25) is 0 Å². The van der Waals surface area contributed by atoms with Gasteiger partial charge in [0.05, 0.1) is 18.1 Å². The van der Waals surface area contributed by atoms with E-state index >= 15 is 0 Å². The lowest BCUT2D eigenvalue weighted by Gasteiger charge is -2.26. The number of unbranched alkanes of at least 4 members (excludes halogenated alkanes) is 1. The van der Waals surface area contributed by atoms with Gasteiger partial charge in [0.2, 0.25) is 15.9 Å². The van der Waals surface area contributed by atoms with E-state index in [0.29, 0.717) is 45.0 Å². The van der Waals surface area contributed by atoms with E-state index in [1.165, 1.54) is 22.5 Å². The minimum atomic E-state index is -3.53. The van der Waals surface area contributed by atoms with Crippen LogP contribution in [0.1, 0.15) is 31.7 Å². The van der Waals surface area contributed by atoms with E-state index in [4.69, 9.17) is 21.7 Å². The van der Waals surface area contributed by atoms with E-state index in [-0.39, 0.29) is 15.9 Å². The fraction of sp³-hybridized carbons (Fsp3) is 0.524. The molecule has 1 saturated heterocycles. The third-order valence-electron chi connectivity index (χ3n) is 4.55. The number of carbonyl (C=O) groups excluding carboxylic acids is 1. The van der Waals surface area contributed by atoms with Crippen LogP contribution in [0.15, 0.2) is 35.2 Å². The molecule has 0 unspecified atom stereocenters. The van der Waals surface area contributed by atoms with Crippen LogP contribution in [0.4, 0.5) is 0 Å². The van der Waals surface area contributed by atoms with Gasteiger partial charge in [-0.05, 0) is 48.8 Å². The molecule has 0 radical (unpaired) electrons. The zero-order valence-electron chi connectivity index (χ0n) is 17.8. The Labute approximate surface area is 190 Å². The Morgan fingerprint density at radius 3 is 2.55 bits per heavy atom. The number of benzene rings is 1. The largest absolute Gasteiger partial charge is 0.381 e. The van der Waals surface area contributed by atoms with Crippen LogP contribution in [0.25, 0.3) is 6.08 Å². The van der Waals surface area contributed by atoms with Gasteiger partial charge in [-0.2, -0.15) is 4.31 Å². The first-order valence-corrected chi connectivity index (χ1v) is 12.3. The van der Waals surface area contributed by atoms with Crippen molar-refractivity contribution in [3.05, 3.63) is 35.9 Å². The first kappa shape index (κ1) is 25.4. The normalized spacial score (nSPS) is 15.1. The molecule has 1 aliphatic rings. The third-order valence-corrected chi connectivity index (χ3v) is 6.70. The Hall–Kier alpha value is -1.85. The summed E-state index contributed by atoms with van der Waals surface area (Å²) < 4.78 is 37.3. The molecule has 8 nitrogen and oxygen atoms in total. The van der Waals surface area contributed by atoms with E-state index in [9.17, 15) is 13.2 Å². The maximum atomic E-state index is 12.6.